The fourth-order valence-corrected chi connectivity index (χ4v) is 6.44. The number of esters is 2. The van der Waals surface area contributed by atoms with Crippen molar-refractivity contribution in [2.45, 2.75) is 13.8 Å². The van der Waals surface area contributed by atoms with Crippen molar-refractivity contribution in [3.05, 3.63) is 60.7 Å². The number of rotatable bonds is 4. The molecule has 0 radical (unpaired) electrons. The number of amides is 4. The molecule has 1 saturated carbocycles. The zero-order valence-electron chi connectivity index (χ0n) is 20.4. The Morgan fingerprint density at radius 3 is 1.26 bits per heavy atom. The highest BCUT2D eigenvalue weighted by Crippen LogP contribution is 2.58. The van der Waals surface area contributed by atoms with Crippen molar-refractivity contribution in [2.24, 2.45) is 35.5 Å². The van der Waals surface area contributed by atoms with Crippen molar-refractivity contribution in [3.63, 3.8) is 0 Å². The summed E-state index contributed by atoms with van der Waals surface area (Å²) in [6.45, 7) is 2.50. The Morgan fingerprint density at radius 2 is 0.947 bits per heavy atom. The lowest BCUT2D eigenvalue weighted by Crippen LogP contribution is -2.50. The van der Waals surface area contributed by atoms with E-state index in [9.17, 15) is 28.8 Å². The van der Waals surface area contributed by atoms with E-state index >= 15 is 0 Å². The Hall–Kier alpha value is -4.60. The number of imide groups is 2. The number of allylic oxidation sites excluding steroid dienone is 2. The molecule has 5 aliphatic rings. The zero-order chi connectivity index (χ0) is 26.9. The van der Waals surface area contributed by atoms with Gasteiger partial charge in [0.25, 0.3) is 0 Å². The van der Waals surface area contributed by atoms with Crippen LogP contribution in [0.1, 0.15) is 13.8 Å². The summed E-state index contributed by atoms with van der Waals surface area (Å²) in [5.41, 5.74) is 0.526. The number of nitrogens with zero attached hydrogens (tertiary/aromatic N) is 2. The first-order valence-electron chi connectivity index (χ1n) is 12.2. The highest BCUT2D eigenvalue weighted by molar-refractivity contribution is 6.26. The van der Waals surface area contributed by atoms with Crippen LogP contribution in [0.15, 0.2) is 60.7 Å². The van der Waals surface area contributed by atoms with Crippen molar-refractivity contribution in [1.82, 2.24) is 0 Å². The summed E-state index contributed by atoms with van der Waals surface area (Å²) in [5, 5.41) is 0. The molecule has 38 heavy (non-hydrogen) atoms. The molecule has 4 amide bonds. The molecule has 2 bridgehead atoms. The Bertz CT molecular complexity index is 1330. The molecule has 2 aliphatic heterocycles. The van der Waals surface area contributed by atoms with Gasteiger partial charge in [0.2, 0.25) is 23.6 Å². The Kier molecular flexibility index (Phi) is 5.30. The maximum Gasteiger partial charge on any atom is 0.308 e. The molecule has 0 aromatic heterocycles. The molecule has 2 aromatic rings. The summed E-state index contributed by atoms with van der Waals surface area (Å²) >= 11 is 0. The van der Waals surface area contributed by atoms with Gasteiger partial charge in [0.15, 0.2) is 0 Å². The highest BCUT2D eigenvalue weighted by atomic mass is 16.5. The van der Waals surface area contributed by atoms with Gasteiger partial charge in [0.05, 0.1) is 35.0 Å². The van der Waals surface area contributed by atoms with Gasteiger partial charge in [-0.2, -0.15) is 0 Å². The number of anilines is 2. The van der Waals surface area contributed by atoms with Crippen LogP contribution < -0.4 is 19.3 Å². The molecule has 10 nitrogen and oxygen atoms in total. The number of carbonyl (C=O) groups excluding carboxylic acids is 6. The molecule has 2 saturated heterocycles. The summed E-state index contributed by atoms with van der Waals surface area (Å²) in [6.07, 6.45) is 3.56. The standard InChI is InChI=1S/C28H22N2O8/c1-13(31)37-17-7-3-5-15(11-17)29-25(33)21-19-9-10-20(22(21)26(29)34)24-23(19)27(35)30(28(24)36)16-6-4-8-18(12-16)38-14(2)32/h3-12,19-24H,1-2H3/t19?,20?,21-,22-,23-,24+/m0/s1. The van der Waals surface area contributed by atoms with Gasteiger partial charge in [-0.25, -0.2) is 9.80 Å². The molecule has 3 fully saturated rings. The minimum Gasteiger partial charge on any atom is -0.427 e. The van der Waals surface area contributed by atoms with Crippen LogP contribution in [0.4, 0.5) is 11.4 Å². The van der Waals surface area contributed by atoms with Crippen LogP contribution in [0.3, 0.4) is 0 Å². The zero-order valence-corrected chi connectivity index (χ0v) is 20.4. The van der Waals surface area contributed by atoms with E-state index in [1.54, 1.807) is 48.6 Å². The maximum atomic E-state index is 13.7. The van der Waals surface area contributed by atoms with Crippen LogP contribution in [0.25, 0.3) is 0 Å². The van der Waals surface area contributed by atoms with Crippen molar-refractivity contribution >= 4 is 46.9 Å². The van der Waals surface area contributed by atoms with Crippen LogP contribution in [0, 0.1) is 35.5 Å². The van der Waals surface area contributed by atoms with Gasteiger partial charge in [-0.15, -0.1) is 0 Å². The van der Waals surface area contributed by atoms with Gasteiger partial charge in [-0.3, -0.25) is 28.8 Å². The highest BCUT2D eigenvalue weighted by Gasteiger charge is 2.68. The summed E-state index contributed by atoms with van der Waals surface area (Å²) in [5.74, 6) is -6.92. The van der Waals surface area contributed by atoms with Crippen LogP contribution >= 0.6 is 0 Å². The maximum absolute atomic E-state index is 13.7. The van der Waals surface area contributed by atoms with Crippen LogP contribution in [-0.2, 0) is 28.8 Å². The first-order chi connectivity index (χ1) is 18.2. The topological polar surface area (TPSA) is 127 Å². The Balaban J connectivity index is 1.34. The minimum absolute atomic E-state index is 0.195. The van der Waals surface area contributed by atoms with E-state index < -0.39 is 71.1 Å². The van der Waals surface area contributed by atoms with Gasteiger partial charge < -0.3 is 9.47 Å². The number of hydrogen-bond donors (Lipinski definition) is 0. The van der Waals surface area contributed by atoms with Crippen molar-refractivity contribution in [2.75, 3.05) is 9.80 Å². The fourth-order valence-electron chi connectivity index (χ4n) is 6.44. The fraction of sp³-hybridized carbons (Fsp3) is 0.286. The van der Waals surface area contributed by atoms with Crippen molar-refractivity contribution in [1.29, 1.82) is 0 Å². The minimum atomic E-state index is -0.791. The van der Waals surface area contributed by atoms with Gasteiger partial charge in [-0.1, -0.05) is 24.3 Å². The molecule has 192 valence electrons. The van der Waals surface area contributed by atoms with Gasteiger partial charge in [-0.05, 0) is 24.3 Å². The summed E-state index contributed by atoms with van der Waals surface area (Å²) < 4.78 is 10.2. The van der Waals surface area contributed by atoms with Crippen molar-refractivity contribution < 1.29 is 38.2 Å². The van der Waals surface area contributed by atoms with Crippen LogP contribution in [0.2, 0.25) is 0 Å². The molecule has 2 aromatic carbocycles. The lowest BCUT2D eigenvalue weighted by molar-refractivity contribution is -0.137. The molecular weight excluding hydrogens is 492 g/mol. The van der Waals surface area contributed by atoms with Gasteiger partial charge in [0.1, 0.15) is 11.5 Å². The second-order valence-corrected chi connectivity index (χ2v) is 9.85. The number of hydrogen-bond acceptors (Lipinski definition) is 8. The Labute approximate surface area is 216 Å². The number of benzene rings is 2. The van der Waals surface area contributed by atoms with E-state index in [1.807, 2.05) is 0 Å². The van der Waals surface area contributed by atoms with Crippen molar-refractivity contribution in [3.8, 4) is 11.5 Å². The third-order valence-electron chi connectivity index (χ3n) is 7.68. The lowest BCUT2D eigenvalue weighted by atomic mass is 9.54. The average molecular weight is 514 g/mol. The normalized spacial score (nSPS) is 29.0. The van der Waals surface area contributed by atoms with Crippen LogP contribution in [-0.4, -0.2) is 35.6 Å². The molecule has 10 heteroatoms. The molecule has 0 spiro atoms. The SMILES string of the molecule is CC(=O)Oc1cccc(N2C(=O)[C@@H]3C4C=CC([C@@H]3C2=O)[C@@H]2C(=O)N(c3cccc(OC(C)=O)c3)C(=O)[C@@H]42)c1. The largest absolute Gasteiger partial charge is 0.427 e. The van der Waals surface area contributed by atoms with E-state index in [0.717, 1.165) is 9.80 Å². The smallest absolute Gasteiger partial charge is 0.308 e. The van der Waals surface area contributed by atoms with Gasteiger partial charge >= 0.3 is 11.9 Å². The second-order valence-electron chi connectivity index (χ2n) is 9.85. The third-order valence-corrected chi connectivity index (χ3v) is 7.68. The van der Waals surface area contributed by atoms with E-state index in [0.29, 0.717) is 0 Å². The second kappa shape index (κ2) is 8.47. The van der Waals surface area contributed by atoms with Gasteiger partial charge in [0, 0.05) is 37.8 Å². The molecule has 6 atom stereocenters. The molecule has 2 unspecified atom stereocenters. The molecule has 7 rings (SSSR count). The van der Waals surface area contributed by atoms with E-state index in [1.165, 1.54) is 26.0 Å². The predicted molar refractivity (Wildman–Crippen MR) is 131 cm³/mol. The average Bonchev–Trinajstić information content (AvgIpc) is 3.30. The monoisotopic (exact) mass is 514 g/mol. The molecule has 3 aliphatic carbocycles. The number of carbonyl (C=O) groups is 6. The quantitative estimate of drug-likeness (QED) is 0.263. The van der Waals surface area contributed by atoms with E-state index in [4.69, 9.17) is 9.47 Å². The lowest BCUT2D eigenvalue weighted by Gasteiger charge is -2.44. The summed E-state index contributed by atoms with van der Waals surface area (Å²) in [4.78, 5) is 79.5. The van der Waals surface area contributed by atoms with Crippen LogP contribution in [0.5, 0.6) is 11.5 Å². The molecular formula is C28H22N2O8. The van der Waals surface area contributed by atoms with E-state index in [2.05, 4.69) is 0 Å². The molecule has 2 heterocycles. The summed E-state index contributed by atoms with van der Waals surface area (Å²) in [7, 11) is 0. The van der Waals surface area contributed by atoms with E-state index in [-0.39, 0.29) is 22.9 Å². The predicted octanol–water partition coefficient (Wildman–Crippen LogP) is 2.26. The number of ether oxygens (including phenoxy) is 2. The Morgan fingerprint density at radius 1 is 0.605 bits per heavy atom. The summed E-state index contributed by atoms with van der Waals surface area (Å²) in [6, 6.07) is 12.3. The molecule has 0 N–H and O–H groups in total. The first kappa shape index (κ1) is 23.8. The third kappa shape index (κ3) is 3.40. The first-order valence-corrected chi connectivity index (χ1v) is 12.2.